The fourth-order valence-corrected chi connectivity index (χ4v) is 3.30. The van der Waals surface area contributed by atoms with Gasteiger partial charge in [-0.05, 0) is 5.92 Å². The molecule has 146 valence electrons. The number of hydrogen-bond acceptors (Lipinski definition) is 0. The summed E-state index contributed by atoms with van der Waals surface area (Å²) < 4.78 is 16.3. The van der Waals surface area contributed by atoms with E-state index in [0.717, 1.165) is 25.7 Å². The molecule has 0 rings (SSSR count). The van der Waals surface area contributed by atoms with Crippen LogP contribution >= 0.6 is 0 Å². The van der Waals surface area contributed by atoms with E-state index in [2.05, 4.69) is 20.8 Å². The van der Waals surface area contributed by atoms with Gasteiger partial charge in [-0.3, -0.25) is 0 Å². The van der Waals surface area contributed by atoms with Gasteiger partial charge in [0.05, 0.1) is 0 Å². The Hall–Kier alpha value is 0. The molecule has 0 radical (unpaired) electrons. The molecular weight excluding hydrogens is 288 g/mol. The van der Waals surface area contributed by atoms with Crippen molar-refractivity contribution in [3.63, 3.8) is 0 Å². The SMILES string of the molecule is [2H]C([2H])(CCCCCCCCCCCCCCCCC)CCC(C)CC. The summed E-state index contributed by atoms with van der Waals surface area (Å²) in [6, 6.07) is 0. The molecule has 0 fully saturated rings. The van der Waals surface area contributed by atoms with Crippen molar-refractivity contribution < 1.29 is 2.74 Å². The van der Waals surface area contributed by atoms with Crippen molar-refractivity contribution in [1.82, 2.24) is 0 Å². The van der Waals surface area contributed by atoms with Gasteiger partial charge in [0.1, 0.15) is 0 Å². The van der Waals surface area contributed by atoms with Gasteiger partial charge in [-0.25, -0.2) is 0 Å². The Morgan fingerprint density at radius 3 is 1.29 bits per heavy atom. The zero-order valence-corrected chi connectivity index (χ0v) is 17.5. The minimum absolute atomic E-state index is 0.672. The van der Waals surface area contributed by atoms with Crippen LogP contribution in [0, 0.1) is 5.92 Å². The number of unbranched alkanes of at least 4 members (excludes halogenated alkanes) is 14. The van der Waals surface area contributed by atoms with E-state index >= 15 is 0 Å². The summed E-state index contributed by atoms with van der Waals surface area (Å²) >= 11 is 0. The molecule has 1 atom stereocenters. The van der Waals surface area contributed by atoms with Crippen molar-refractivity contribution in [2.24, 2.45) is 5.92 Å². The minimum atomic E-state index is -0.931. The van der Waals surface area contributed by atoms with Crippen LogP contribution in [0.3, 0.4) is 0 Å². The molecule has 0 heteroatoms. The van der Waals surface area contributed by atoms with Gasteiger partial charge >= 0.3 is 0 Å². The molecule has 0 amide bonds. The Kier molecular flexibility index (Phi) is 17.8. The van der Waals surface area contributed by atoms with E-state index in [9.17, 15) is 0 Å². The van der Waals surface area contributed by atoms with Crippen LogP contribution in [0.1, 0.15) is 152 Å². The van der Waals surface area contributed by atoms with E-state index in [1.165, 1.54) is 96.3 Å². The van der Waals surface area contributed by atoms with E-state index in [-0.39, 0.29) is 0 Å². The standard InChI is InChI=1S/C24H50/c1-4-6-7-8-9-10-11-12-13-14-15-16-17-18-19-20-21-22-23-24(3)5-2/h24H,4-23H2,1-3H3/i21D2. The first-order chi connectivity index (χ1) is 12.5. The third-order valence-corrected chi connectivity index (χ3v) is 5.47. The summed E-state index contributed by atoms with van der Waals surface area (Å²) in [4.78, 5) is 0. The van der Waals surface area contributed by atoms with Crippen LogP contribution in [0.2, 0.25) is 0 Å². The molecule has 0 aliphatic heterocycles. The highest BCUT2D eigenvalue weighted by atomic mass is 14.0. The number of hydrogen-bond donors (Lipinski definition) is 0. The third kappa shape index (κ3) is 20.0. The van der Waals surface area contributed by atoms with Gasteiger partial charge in [-0.1, -0.05) is 149 Å². The molecule has 0 N–H and O–H groups in total. The predicted molar refractivity (Wildman–Crippen MR) is 113 cm³/mol. The quantitative estimate of drug-likeness (QED) is 0.193. The molecule has 0 heterocycles. The zero-order chi connectivity index (χ0) is 19.5. The molecule has 1 unspecified atom stereocenters. The third-order valence-electron chi connectivity index (χ3n) is 5.47. The van der Waals surface area contributed by atoms with Crippen LogP contribution in [0.5, 0.6) is 0 Å². The lowest BCUT2D eigenvalue weighted by molar-refractivity contribution is 0.468. The van der Waals surface area contributed by atoms with Crippen LogP contribution < -0.4 is 0 Å². The molecule has 0 aromatic heterocycles. The van der Waals surface area contributed by atoms with Gasteiger partial charge in [0.25, 0.3) is 0 Å². The fraction of sp³-hybridized carbons (Fsp3) is 1.00. The second kappa shape index (κ2) is 21.0. The maximum absolute atomic E-state index is 8.14. The molecular formula is C24H50. The van der Waals surface area contributed by atoms with Gasteiger partial charge in [-0.15, -0.1) is 0 Å². The first-order valence-electron chi connectivity index (χ1n) is 12.5. The molecule has 0 aliphatic carbocycles. The molecule has 0 bridgehead atoms. The second-order valence-electron chi connectivity index (χ2n) is 8.00. The first kappa shape index (κ1) is 20.3. The molecule has 0 aromatic carbocycles. The summed E-state index contributed by atoms with van der Waals surface area (Å²) in [6.07, 6.45) is 23.4. The molecule has 0 nitrogen and oxygen atoms in total. The van der Waals surface area contributed by atoms with E-state index in [4.69, 9.17) is 2.74 Å². The summed E-state index contributed by atoms with van der Waals surface area (Å²) in [5.41, 5.74) is 0. The van der Waals surface area contributed by atoms with E-state index in [1.807, 2.05) is 0 Å². The van der Waals surface area contributed by atoms with E-state index in [0.29, 0.717) is 5.92 Å². The Morgan fingerprint density at radius 1 is 0.542 bits per heavy atom. The Labute approximate surface area is 158 Å². The van der Waals surface area contributed by atoms with Crippen LogP contribution in [0.4, 0.5) is 0 Å². The maximum Gasteiger partial charge on any atom is 0.0267 e. The average Bonchev–Trinajstić information content (AvgIpc) is 2.63. The Morgan fingerprint density at radius 2 is 0.917 bits per heavy atom. The van der Waals surface area contributed by atoms with Crippen LogP contribution in [-0.2, 0) is 0 Å². The van der Waals surface area contributed by atoms with Gasteiger partial charge in [0.15, 0.2) is 0 Å². The van der Waals surface area contributed by atoms with Crippen molar-refractivity contribution in [3.8, 4) is 0 Å². The van der Waals surface area contributed by atoms with E-state index < -0.39 is 6.37 Å². The summed E-state index contributed by atoms with van der Waals surface area (Å²) in [6.45, 7) is 6.73. The molecule has 0 aromatic rings. The lowest BCUT2D eigenvalue weighted by atomic mass is 9.99. The summed E-state index contributed by atoms with van der Waals surface area (Å²) in [7, 11) is 0. The summed E-state index contributed by atoms with van der Waals surface area (Å²) in [5, 5.41) is 0. The molecule has 0 aliphatic rings. The predicted octanol–water partition coefficient (Wildman–Crippen LogP) is 9.46. The lowest BCUT2D eigenvalue weighted by Gasteiger charge is -2.07. The summed E-state index contributed by atoms with van der Waals surface area (Å²) in [5.74, 6) is 0.672. The van der Waals surface area contributed by atoms with Crippen molar-refractivity contribution in [2.45, 2.75) is 149 Å². The van der Waals surface area contributed by atoms with Crippen molar-refractivity contribution in [1.29, 1.82) is 0 Å². The molecule has 24 heavy (non-hydrogen) atoms. The Balaban J connectivity index is 3.26. The van der Waals surface area contributed by atoms with Crippen LogP contribution in [-0.4, -0.2) is 0 Å². The normalized spacial score (nSPS) is 14.5. The largest absolute Gasteiger partial charge is 0.0654 e. The van der Waals surface area contributed by atoms with Crippen LogP contribution in [0.15, 0.2) is 0 Å². The van der Waals surface area contributed by atoms with Crippen molar-refractivity contribution >= 4 is 0 Å². The van der Waals surface area contributed by atoms with Gasteiger partial charge < -0.3 is 0 Å². The van der Waals surface area contributed by atoms with E-state index in [1.54, 1.807) is 0 Å². The molecule has 0 saturated heterocycles. The second-order valence-corrected chi connectivity index (χ2v) is 8.00. The van der Waals surface area contributed by atoms with Gasteiger partial charge in [0, 0.05) is 2.74 Å². The monoisotopic (exact) mass is 340 g/mol. The Bertz CT molecular complexity index is 275. The van der Waals surface area contributed by atoms with Gasteiger partial charge in [0.2, 0.25) is 0 Å². The van der Waals surface area contributed by atoms with Crippen molar-refractivity contribution in [3.05, 3.63) is 0 Å². The van der Waals surface area contributed by atoms with Crippen molar-refractivity contribution in [2.75, 3.05) is 0 Å². The molecule has 0 saturated carbocycles. The highest BCUT2D eigenvalue weighted by Gasteiger charge is 1.98. The van der Waals surface area contributed by atoms with Gasteiger partial charge in [-0.2, -0.15) is 0 Å². The zero-order valence-electron chi connectivity index (χ0n) is 19.5. The average molecular weight is 341 g/mol. The lowest BCUT2D eigenvalue weighted by Crippen LogP contribution is -1.91. The fourth-order valence-electron chi connectivity index (χ4n) is 3.30. The maximum atomic E-state index is 8.14. The first-order valence-corrected chi connectivity index (χ1v) is 11.5. The minimum Gasteiger partial charge on any atom is -0.0654 e. The highest BCUT2D eigenvalue weighted by molar-refractivity contribution is 4.53. The number of rotatable bonds is 20. The molecule has 0 spiro atoms. The topological polar surface area (TPSA) is 0 Å². The highest BCUT2D eigenvalue weighted by Crippen LogP contribution is 2.16. The smallest absolute Gasteiger partial charge is 0.0267 e. The van der Waals surface area contributed by atoms with Crippen LogP contribution in [0.25, 0.3) is 0 Å².